The number of morpholine rings is 1. The number of carboxylic acid groups (broad SMARTS) is 1. The Kier molecular flexibility index (Phi) is 5.08. The van der Waals surface area contributed by atoms with Crippen LogP contribution in [0.3, 0.4) is 0 Å². The molecule has 1 heterocycles. The highest BCUT2D eigenvalue weighted by Crippen LogP contribution is 2.29. The molecule has 1 saturated heterocycles. The number of carboxylic acids is 1. The molecule has 2 fully saturated rings. The second-order valence-electron chi connectivity index (χ2n) is 5.98. The highest BCUT2D eigenvalue weighted by Gasteiger charge is 2.41. The minimum absolute atomic E-state index is 0.0905. The predicted molar refractivity (Wildman–Crippen MR) is 78.2 cm³/mol. The molecule has 0 radical (unpaired) electrons. The summed E-state index contributed by atoms with van der Waals surface area (Å²) in [5.41, 5.74) is -1.17. The zero-order valence-corrected chi connectivity index (χ0v) is 12.9. The van der Waals surface area contributed by atoms with E-state index in [0.29, 0.717) is 26.0 Å². The molecule has 120 valence electrons. The summed E-state index contributed by atoms with van der Waals surface area (Å²) in [4.78, 5) is 25.9. The fourth-order valence-corrected chi connectivity index (χ4v) is 3.41. The van der Waals surface area contributed by atoms with E-state index in [-0.39, 0.29) is 18.2 Å². The van der Waals surface area contributed by atoms with E-state index in [4.69, 9.17) is 4.74 Å². The number of hydrogen-bond acceptors (Lipinski definition) is 3. The lowest BCUT2D eigenvalue weighted by Gasteiger charge is -2.44. The van der Waals surface area contributed by atoms with Gasteiger partial charge in [-0.2, -0.15) is 0 Å². The van der Waals surface area contributed by atoms with Gasteiger partial charge < -0.3 is 20.1 Å². The third-order valence-electron chi connectivity index (χ3n) is 4.96. The maximum atomic E-state index is 12.6. The van der Waals surface area contributed by atoms with Crippen LogP contribution in [0.5, 0.6) is 0 Å². The van der Waals surface area contributed by atoms with Gasteiger partial charge in [0.15, 0.2) is 0 Å². The van der Waals surface area contributed by atoms with Crippen molar-refractivity contribution in [1.82, 2.24) is 10.2 Å². The number of ether oxygens (including phenoxy) is 1. The Morgan fingerprint density at radius 2 is 1.95 bits per heavy atom. The fourth-order valence-electron chi connectivity index (χ4n) is 3.41. The molecular weight excluding hydrogens is 272 g/mol. The summed E-state index contributed by atoms with van der Waals surface area (Å²) in [5.74, 6) is -0.964. The summed E-state index contributed by atoms with van der Waals surface area (Å²) in [6, 6.07) is -0.172. The van der Waals surface area contributed by atoms with Gasteiger partial charge in [-0.05, 0) is 25.7 Å². The van der Waals surface area contributed by atoms with Crippen LogP contribution in [-0.4, -0.2) is 52.8 Å². The van der Waals surface area contributed by atoms with E-state index in [9.17, 15) is 14.7 Å². The van der Waals surface area contributed by atoms with Crippen molar-refractivity contribution in [3.8, 4) is 0 Å². The first-order valence-electron chi connectivity index (χ1n) is 7.98. The van der Waals surface area contributed by atoms with Crippen molar-refractivity contribution in [2.24, 2.45) is 0 Å². The highest BCUT2D eigenvalue weighted by molar-refractivity contribution is 5.86. The standard InChI is InChI=1S/C15H26N2O4/c1-3-15(4-2,13(18)19)16-14(20)17-9-10-21-12-8-6-5-7-11(12)17/h11-12H,3-10H2,1-2H3,(H,16,20)(H,18,19). The molecule has 21 heavy (non-hydrogen) atoms. The molecule has 0 aromatic heterocycles. The van der Waals surface area contributed by atoms with Crippen LogP contribution in [-0.2, 0) is 9.53 Å². The smallest absolute Gasteiger partial charge is 0.329 e. The van der Waals surface area contributed by atoms with Gasteiger partial charge in [0.1, 0.15) is 5.54 Å². The van der Waals surface area contributed by atoms with Gasteiger partial charge in [0.2, 0.25) is 0 Å². The van der Waals surface area contributed by atoms with Gasteiger partial charge in [-0.3, -0.25) is 0 Å². The molecule has 2 rings (SSSR count). The molecule has 2 N–H and O–H groups in total. The first-order chi connectivity index (χ1) is 10.0. The van der Waals surface area contributed by atoms with E-state index >= 15 is 0 Å². The molecule has 2 atom stereocenters. The van der Waals surface area contributed by atoms with Gasteiger partial charge in [-0.15, -0.1) is 0 Å². The predicted octanol–water partition coefficient (Wildman–Crippen LogP) is 1.98. The number of carbonyl (C=O) groups is 2. The molecule has 0 spiro atoms. The van der Waals surface area contributed by atoms with Crippen LogP contribution in [0.1, 0.15) is 52.4 Å². The minimum Gasteiger partial charge on any atom is -0.480 e. The van der Waals surface area contributed by atoms with Gasteiger partial charge in [-0.25, -0.2) is 9.59 Å². The summed E-state index contributed by atoms with van der Waals surface area (Å²) in [6.07, 6.45) is 5.03. The molecule has 6 nitrogen and oxygen atoms in total. The van der Waals surface area contributed by atoms with Crippen LogP contribution in [0.4, 0.5) is 4.79 Å². The SMILES string of the molecule is CCC(CC)(NC(=O)N1CCOC2CCCCC21)C(=O)O. The first-order valence-corrected chi connectivity index (χ1v) is 7.98. The van der Waals surface area contributed by atoms with Crippen molar-refractivity contribution >= 4 is 12.0 Å². The molecule has 2 amide bonds. The van der Waals surface area contributed by atoms with E-state index in [2.05, 4.69) is 5.32 Å². The molecule has 0 aromatic carbocycles. The van der Waals surface area contributed by atoms with Crippen molar-refractivity contribution in [2.45, 2.75) is 70.1 Å². The summed E-state index contributed by atoms with van der Waals surface area (Å²) < 4.78 is 5.75. The average Bonchev–Trinajstić information content (AvgIpc) is 2.51. The average molecular weight is 298 g/mol. The largest absolute Gasteiger partial charge is 0.480 e. The molecule has 0 bridgehead atoms. The van der Waals surface area contributed by atoms with Gasteiger partial charge >= 0.3 is 12.0 Å². The lowest BCUT2D eigenvalue weighted by atomic mass is 9.90. The molecule has 2 aliphatic rings. The number of nitrogens with one attached hydrogen (secondary N) is 1. The lowest BCUT2D eigenvalue weighted by Crippen LogP contribution is -2.62. The molecule has 1 saturated carbocycles. The van der Waals surface area contributed by atoms with Crippen molar-refractivity contribution in [1.29, 1.82) is 0 Å². The van der Waals surface area contributed by atoms with E-state index in [1.54, 1.807) is 18.7 Å². The summed E-state index contributed by atoms with van der Waals surface area (Å²) >= 11 is 0. The molecule has 1 aliphatic heterocycles. The fraction of sp³-hybridized carbons (Fsp3) is 0.867. The Balaban J connectivity index is 2.09. The summed E-state index contributed by atoms with van der Waals surface area (Å²) in [6.45, 7) is 4.66. The number of nitrogens with zero attached hydrogens (tertiary/aromatic N) is 1. The maximum absolute atomic E-state index is 12.6. The third-order valence-corrected chi connectivity index (χ3v) is 4.96. The van der Waals surface area contributed by atoms with Crippen LogP contribution < -0.4 is 5.32 Å². The third kappa shape index (κ3) is 3.15. The van der Waals surface area contributed by atoms with E-state index < -0.39 is 11.5 Å². The lowest BCUT2D eigenvalue weighted by molar-refractivity contribution is -0.145. The Bertz CT molecular complexity index is 393. The van der Waals surface area contributed by atoms with Gasteiger partial charge in [0, 0.05) is 6.54 Å². The number of carbonyl (C=O) groups excluding carboxylic acids is 1. The second-order valence-corrected chi connectivity index (χ2v) is 5.98. The number of rotatable bonds is 4. The molecule has 1 aliphatic carbocycles. The van der Waals surface area contributed by atoms with Crippen molar-refractivity contribution < 1.29 is 19.4 Å². The number of hydrogen-bond donors (Lipinski definition) is 2. The van der Waals surface area contributed by atoms with Crippen LogP contribution in [0.2, 0.25) is 0 Å². The highest BCUT2D eigenvalue weighted by atomic mass is 16.5. The topological polar surface area (TPSA) is 78.9 Å². The van der Waals surface area contributed by atoms with E-state index in [1.165, 1.54) is 0 Å². The van der Waals surface area contributed by atoms with Gasteiger partial charge in [0.05, 0.1) is 18.8 Å². The number of fused-ring (bicyclic) bond motifs is 1. The van der Waals surface area contributed by atoms with E-state index in [1.807, 2.05) is 0 Å². The van der Waals surface area contributed by atoms with Crippen LogP contribution in [0.25, 0.3) is 0 Å². The first kappa shape index (κ1) is 16.1. The Morgan fingerprint density at radius 3 is 2.57 bits per heavy atom. The summed E-state index contributed by atoms with van der Waals surface area (Å²) in [7, 11) is 0. The number of amides is 2. The Hall–Kier alpha value is -1.30. The maximum Gasteiger partial charge on any atom is 0.329 e. The number of urea groups is 1. The monoisotopic (exact) mass is 298 g/mol. The molecule has 2 unspecified atom stereocenters. The Morgan fingerprint density at radius 1 is 1.29 bits per heavy atom. The molecular formula is C15H26N2O4. The van der Waals surface area contributed by atoms with Crippen LogP contribution in [0.15, 0.2) is 0 Å². The van der Waals surface area contributed by atoms with Crippen LogP contribution in [0, 0.1) is 0 Å². The quantitative estimate of drug-likeness (QED) is 0.832. The Labute approximate surface area is 125 Å². The van der Waals surface area contributed by atoms with Crippen molar-refractivity contribution in [3.63, 3.8) is 0 Å². The minimum atomic E-state index is -1.17. The van der Waals surface area contributed by atoms with Crippen LogP contribution >= 0.6 is 0 Å². The van der Waals surface area contributed by atoms with E-state index in [0.717, 1.165) is 25.7 Å². The zero-order chi connectivity index (χ0) is 15.5. The van der Waals surface area contributed by atoms with Gasteiger partial charge in [0.25, 0.3) is 0 Å². The van der Waals surface area contributed by atoms with Gasteiger partial charge in [-0.1, -0.05) is 26.7 Å². The second kappa shape index (κ2) is 6.64. The zero-order valence-electron chi connectivity index (χ0n) is 12.9. The van der Waals surface area contributed by atoms with Crippen molar-refractivity contribution in [2.75, 3.05) is 13.2 Å². The molecule has 6 heteroatoms. The van der Waals surface area contributed by atoms with Crippen molar-refractivity contribution in [3.05, 3.63) is 0 Å². The normalized spacial score (nSPS) is 26.1. The molecule has 0 aromatic rings. The summed E-state index contributed by atoms with van der Waals surface area (Å²) in [5, 5.41) is 12.2. The number of aliphatic carboxylic acids is 1.